The second-order valence-corrected chi connectivity index (χ2v) is 11.5. The van der Waals surface area contributed by atoms with Gasteiger partial charge in [-0.05, 0) is 20.3 Å². The third-order valence-electron chi connectivity index (χ3n) is 5.83. The van der Waals surface area contributed by atoms with E-state index >= 15 is 0 Å². The molecule has 168 valence electrons. The Balaban J connectivity index is 1.55. The molecule has 0 aliphatic carbocycles. The highest BCUT2D eigenvalue weighted by Gasteiger charge is 2.32. The van der Waals surface area contributed by atoms with Crippen molar-refractivity contribution in [1.29, 1.82) is 0 Å². The van der Waals surface area contributed by atoms with Gasteiger partial charge in [-0.3, -0.25) is 4.79 Å². The summed E-state index contributed by atoms with van der Waals surface area (Å²) in [6.45, 7) is 4.10. The maximum absolute atomic E-state index is 12.7. The predicted molar refractivity (Wildman–Crippen MR) is 129 cm³/mol. The van der Waals surface area contributed by atoms with Gasteiger partial charge in [-0.2, -0.15) is 0 Å². The Hall–Kier alpha value is -2.58. The molecule has 8 heteroatoms. The number of nitrogens with one attached hydrogen (secondary N) is 1. The normalized spacial score (nSPS) is 17.4. The lowest BCUT2D eigenvalue weighted by molar-refractivity contribution is -0.128. The van der Waals surface area contributed by atoms with Crippen LogP contribution in [0.4, 0.5) is 0 Å². The Bertz CT molecular complexity index is 1150. The van der Waals surface area contributed by atoms with Crippen molar-refractivity contribution < 1.29 is 13.2 Å². The van der Waals surface area contributed by atoms with Crippen LogP contribution in [-0.4, -0.2) is 59.5 Å². The average Bonchev–Trinajstić information content (AvgIpc) is 3.36. The first-order valence-electron chi connectivity index (χ1n) is 10.5. The molecular weight excluding hydrogens is 442 g/mol. The van der Waals surface area contributed by atoms with E-state index in [4.69, 9.17) is 4.98 Å². The molecule has 0 saturated carbocycles. The van der Waals surface area contributed by atoms with Crippen molar-refractivity contribution in [2.24, 2.45) is 0 Å². The molecule has 0 spiro atoms. The highest BCUT2D eigenvalue weighted by molar-refractivity contribution is 7.99. The summed E-state index contributed by atoms with van der Waals surface area (Å²) in [4.78, 5) is 22.5. The van der Waals surface area contributed by atoms with Crippen LogP contribution >= 0.6 is 11.8 Å². The van der Waals surface area contributed by atoms with E-state index in [0.717, 1.165) is 22.5 Å². The third kappa shape index (κ3) is 5.07. The summed E-state index contributed by atoms with van der Waals surface area (Å²) < 4.78 is 23.5. The number of amides is 1. The highest BCUT2D eigenvalue weighted by atomic mass is 32.2. The number of imidazole rings is 1. The first-order valence-corrected chi connectivity index (χ1v) is 13.4. The number of hydrogen-bond acceptors (Lipinski definition) is 5. The Morgan fingerprint density at radius 1 is 1.06 bits per heavy atom. The van der Waals surface area contributed by atoms with Gasteiger partial charge in [-0.15, -0.1) is 0 Å². The number of carbonyl (C=O) groups is 1. The SMILES string of the molecule is Cc1ccc(-c2nc(SCC(=O)N(C)[C@H]3CCS(=O)(=O)C3)[nH]c2-c2ccc(C)cc2)cc1. The van der Waals surface area contributed by atoms with Crippen LogP contribution in [0.5, 0.6) is 0 Å². The molecule has 0 unspecified atom stereocenters. The Morgan fingerprint density at radius 3 is 2.22 bits per heavy atom. The average molecular weight is 470 g/mol. The van der Waals surface area contributed by atoms with E-state index in [1.54, 1.807) is 11.9 Å². The lowest BCUT2D eigenvalue weighted by atomic mass is 10.0. The maximum Gasteiger partial charge on any atom is 0.233 e. The van der Waals surface area contributed by atoms with Gasteiger partial charge in [0, 0.05) is 24.2 Å². The van der Waals surface area contributed by atoms with E-state index in [0.29, 0.717) is 11.6 Å². The molecule has 1 N–H and O–H groups in total. The van der Waals surface area contributed by atoms with Gasteiger partial charge in [0.15, 0.2) is 15.0 Å². The highest BCUT2D eigenvalue weighted by Crippen LogP contribution is 2.33. The summed E-state index contributed by atoms with van der Waals surface area (Å²) in [5.41, 5.74) is 6.16. The molecular formula is C24H27N3O3S2. The van der Waals surface area contributed by atoms with Crippen molar-refractivity contribution in [3.8, 4) is 22.5 Å². The molecule has 1 amide bonds. The van der Waals surface area contributed by atoms with E-state index in [-0.39, 0.29) is 29.2 Å². The second-order valence-electron chi connectivity index (χ2n) is 8.35. The largest absolute Gasteiger partial charge is 0.341 e. The Morgan fingerprint density at radius 2 is 1.66 bits per heavy atom. The lowest BCUT2D eigenvalue weighted by Gasteiger charge is -2.22. The number of sulfone groups is 1. The molecule has 2 heterocycles. The van der Waals surface area contributed by atoms with Crippen LogP contribution in [0.25, 0.3) is 22.5 Å². The molecule has 1 aromatic heterocycles. The molecule has 32 heavy (non-hydrogen) atoms. The van der Waals surface area contributed by atoms with Crippen molar-refractivity contribution in [2.75, 3.05) is 24.3 Å². The van der Waals surface area contributed by atoms with Crippen LogP contribution in [0.15, 0.2) is 53.7 Å². The molecule has 6 nitrogen and oxygen atoms in total. The van der Waals surface area contributed by atoms with Gasteiger partial charge in [-0.1, -0.05) is 71.4 Å². The minimum absolute atomic E-state index is 0.0514. The quantitative estimate of drug-likeness (QED) is 0.550. The van der Waals surface area contributed by atoms with Crippen molar-refractivity contribution in [1.82, 2.24) is 14.9 Å². The van der Waals surface area contributed by atoms with Crippen LogP contribution in [0.3, 0.4) is 0 Å². The molecule has 3 aromatic rings. The van der Waals surface area contributed by atoms with Gasteiger partial charge in [0.05, 0.1) is 28.6 Å². The minimum Gasteiger partial charge on any atom is -0.341 e. The summed E-state index contributed by atoms with van der Waals surface area (Å²) >= 11 is 1.34. The summed E-state index contributed by atoms with van der Waals surface area (Å²) in [7, 11) is -1.34. The number of thioether (sulfide) groups is 1. The molecule has 1 atom stereocenters. The van der Waals surface area contributed by atoms with Crippen molar-refractivity contribution in [3.05, 3.63) is 59.7 Å². The molecule has 0 bridgehead atoms. The van der Waals surface area contributed by atoms with Crippen molar-refractivity contribution in [3.63, 3.8) is 0 Å². The van der Waals surface area contributed by atoms with E-state index < -0.39 is 9.84 Å². The van der Waals surface area contributed by atoms with Gasteiger partial charge in [0.2, 0.25) is 5.91 Å². The van der Waals surface area contributed by atoms with Crippen molar-refractivity contribution in [2.45, 2.75) is 31.5 Å². The standard InChI is InChI=1S/C24H27N3O3S2/c1-16-4-8-18(9-5-16)22-23(19-10-6-17(2)7-11-19)26-24(25-22)31-14-21(28)27(3)20-12-13-32(29,30)15-20/h4-11,20H,12-15H2,1-3H3,(H,25,26)/t20-/m0/s1. The van der Waals surface area contributed by atoms with Crippen LogP contribution in [-0.2, 0) is 14.6 Å². The molecule has 0 radical (unpaired) electrons. The summed E-state index contributed by atoms with van der Waals surface area (Å²) in [5, 5.41) is 0.664. The number of hydrogen-bond donors (Lipinski definition) is 1. The fourth-order valence-corrected chi connectivity index (χ4v) is 6.35. The number of aryl methyl sites for hydroxylation is 2. The Labute approximate surface area is 193 Å². The summed E-state index contributed by atoms with van der Waals surface area (Å²) in [5.74, 6) is 0.305. The first kappa shape index (κ1) is 22.6. The molecule has 1 saturated heterocycles. The third-order valence-corrected chi connectivity index (χ3v) is 8.44. The zero-order valence-corrected chi connectivity index (χ0v) is 20.1. The Kier molecular flexibility index (Phi) is 6.44. The van der Waals surface area contributed by atoms with Crippen LogP contribution in [0, 0.1) is 13.8 Å². The summed E-state index contributed by atoms with van der Waals surface area (Å²) in [6.07, 6.45) is 0.505. The van der Waals surface area contributed by atoms with Crippen LogP contribution < -0.4 is 0 Å². The number of benzene rings is 2. The van der Waals surface area contributed by atoms with E-state index in [2.05, 4.69) is 60.4 Å². The first-order chi connectivity index (χ1) is 15.2. The molecule has 1 aliphatic heterocycles. The topological polar surface area (TPSA) is 83.1 Å². The summed E-state index contributed by atoms with van der Waals surface area (Å²) in [6, 6.07) is 16.2. The number of nitrogens with zero attached hydrogens (tertiary/aromatic N) is 2. The number of aromatic amines is 1. The van der Waals surface area contributed by atoms with Crippen molar-refractivity contribution >= 4 is 27.5 Å². The maximum atomic E-state index is 12.7. The minimum atomic E-state index is -3.03. The molecule has 1 fully saturated rings. The second kappa shape index (κ2) is 9.11. The molecule has 2 aromatic carbocycles. The van der Waals surface area contributed by atoms with Gasteiger partial charge in [0.25, 0.3) is 0 Å². The van der Waals surface area contributed by atoms with Gasteiger partial charge in [0.1, 0.15) is 0 Å². The monoisotopic (exact) mass is 469 g/mol. The van der Waals surface area contributed by atoms with Crippen LogP contribution in [0.1, 0.15) is 17.5 Å². The molecule has 4 rings (SSSR count). The lowest BCUT2D eigenvalue weighted by Crippen LogP contribution is -2.38. The zero-order valence-electron chi connectivity index (χ0n) is 18.5. The smallest absolute Gasteiger partial charge is 0.233 e. The van der Waals surface area contributed by atoms with Crippen LogP contribution in [0.2, 0.25) is 0 Å². The van der Waals surface area contributed by atoms with Gasteiger partial charge >= 0.3 is 0 Å². The predicted octanol–water partition coefficient (Wildman–Crippen LogP) is 4.10. The fraction of sp³-hybridized carbons (Fsp3) is 0.333. The van der Waals surface area contributed by atoms with E-state index in [1.807, 2.05) is 6.92 Å². The number of carbonyl (C=O) groups excluding carboxylic acids is 1. The van der Waals surface area contributed by atoms with Gasteiger partial charge < -0.3 is 9.88 Å². The number of rotatable bonds is 6. The fourth-order valence-electron chi connectivity index (χ4n) is 3.79. The number of H-pyrrole nitrogens is 1. The number of aromatic nitrogens is 2. The molecule has 1 aliphatic rings. The van der Waals surface area contributed by atoms with Gasteiger partial charge in [-0.25, -0.2) is 13.4 Å². The van der Waals surface area contributed by atoms with E-state index in [9.17, 15) is 13.2 Å². The van der Waals surface area contributed by atoms with E-state index in [1.165, 1.54) is 22.9 Å². The zero-order chi connectivity index (χ0) is 22.9.